The largest absolute Gasteiger partial charge is 0.363 e. The van der Waals surface area contributed by atoms with Gasteiger partial charge in [0.25, 0.3) is 10.0 Å². The number of halogens is 1. The normalized spacial score (nSPS) is 11.5. The van der Waals surface area contributed by atoms with Gasteiger partial charge in [0, 0.05) is 18.4 Å². The van der Waals surface area contributed by atoms with Crippen LogP contribution in [-0.2, 0) is 16.6 Å². The molecular formula is C14H18FN3O2S. The van der Waals surface area contributed by atoms with Gasteiger partial charge in [-0.15, -0.1) is 0 Å². The third kappa shape index (κ3) is 4.05. The Bertz CT molecular complexity index is 698. The van der Waals surface area contributed by atoms with Gasteiger partial charge in [-0.2, -0.15) is 0 Å². The second-order valence-corrected chi connectivity index (χ2v) is 6.31. The molecule has 0 saturated carbocycles. The topological polar surface area (TPSA) is 74.0 Å². The molecule has 114 valence electrons. The molecule has 5 nitrogen and oxygen atoms in total. The minimum atomic E-state index is -3.79. The Morgan fingerprint density at radius 1 is 1.29 bits per heavy atom. The van der Waals surface area contributed by atoms with E-state index < -0.39 is 15.8 Å². The van der Waals surface area contributed by atoms with E-state index in [0.717, 1.165) is 18.7 Å². The first kappa shape index (κ1) is 15.5. The minimum absolute atomic E-state index is 0.0654. The Labute approximate surface area is 123 Å². The number of hydrogen-bond acceptors (Lipinski definition) is 3. The fourth-order valence-electron chi connectivity index (χ4n) is 1.82. The number of aromatic amines is 1. The number of aromatic nitrogens is 1. The molecule has 0 aliphatic heterocycles. The molecule has 0 atom stereocenters. The van der Waals surface area contributed by atoms with E-state index in [0.29, 0.717) is 6.54 Å². The van der Waals surface area contributed by atoms with Crippen molar-refractivity contribution in [3.63, 3.8) is 0 Å². The summed E-state index contributed by atoms with van der Waals surface area (Å²) >= 11 is 0. The molecule has 0 fully saturated rings. The van der Waals surface area contributed by atoms with E-state index in [2.05, 4.69) is 21.9 Å². The number of para-hydroxylation sites is 1. The van der Waals surface area contributed by atoms with Crippen LogP contribution in [0, 0.1) is 5.82 Å². The van der Waals surface area contributed by atoms with E-state index in [9.17, 15) is 12.8 Å². The number of benzene rings is 1. The Kier molecular flexibility index (Phi) is 4.98. The van der Waals surface area contributed by atoms with E-state index in [-0.39, 0.29) is 10.6 Å². The molecule has 2 rings (SSSR count). The number of nitrogens with one attached hydrogen (secondary N) is 3. The molecule has 2 aromatic rings. The molecule has 7 heteroatoms. The van der Waals surface area contributed by atoms with E-state index in [1.807, 2.05) is 0 Å². The van der Waals surface area contributed by atoms with Crippen LogP contribution >= 0.6 is 0 Å². The van der Waals surface area contributed by atoms with Gasteiger partial charge in [-0.3, -0.25) is 4.72 Å². The molecule has 1 aromatic heterocycles. The Hall–Kier alpha value is -1.86. The predicted molar refractivity (Wildman–Crippen MR) is 80.0 cm³/mol. The molecule has 0 aliphatic carbocycles. The summed E-state index contributed by atoms with van der Waals surface area (Å²) in [4.78, 5) is 2.98. The van der Waals surface area contributed by atoms with Crippen molar-refractivity contribution in [1.29, 1.82) is 0 Å². The summed E-state index contributed by atoms with van der Waals surface area (Å²) in [6.07, 6.45) is 2.40. The monoisotopic (exact) mass is 311 g/mol. The Morgan fingerprint density at radius 2 is 2.05 bits per heavy atom. The second-order valence-electron chi connectivity index (χ2n) is 4.62. The predicted octanol–water partition coefficient (Wildman–Crippen LogP) is 2.45. The van der Waals surface area contributed by atoms with Gasteiger partial charge < -0.3 is 10.3 Å². The SMILES string of the molecule is CCCNCc1cc(S(=O)(=O)Nc2ccccc2F)c[nH]1. The number of H-pyrrole nitrogens is 1. The highest BCUT2D eigenvalue weighted by Gasteiger charge is 2.17. The van der Waals surface area contributed by atoms with Crippen LogP contribution in [0.4, 0.5) is 10.1 Å². The fourth-order valence-corrected chi connectivity index (χ4v) is 2.91. The van der Waals surface area contributed by atoms with Crippen LogP contribution in [0.3, 0.4) is 0 Å². The molecular weight excluding hydrogens is 293 g/mol. The molecule has 1 aromatic carbocycles. The summed E-state index contributed by atoms with van der Waals surface area (Å²) in [5, 5.41) is 3.17. The first-order valence-electron chi connectivity index (χ1n) is 6.68. The lowest BCUT2D eigenvalue weighted by atomic mass is 10.3. The molecule has 1 heterocycles. The summed E-state index contributed by atoms with van der Waals surface area (Å²) in [6, 6.07) is 7.18. The van der Waals surface area contributed by atoms with E-state index in [1.165, 1.54) is 30.5 Å². The Balaban J connectivity index is 2.11. The van der Waals surface area contributed by atoms with Crippen LogP contribution in [0.25, 0.3) is 0 Å². The third-order valence-electron chi connectivity index (χ3n) is 2.89. The van der Waals surface area contributed by atoms with Crippen molar-refractivity contribution in [2.75, 3.05) is 11.3 Å². The van der Waals surface area contributed by atoms with Crippen molar-refractivity contribution in [3.8, 4) is 0 Å². The van der Waals surface area contributed by atoms with E-state index in [4.69, 9.17) is 0 Å². The zero-order chi connectivity index (χ0) is 15.3. The average molecular weight is 311 g/mol. The lowest BCUT2D eigenvalue weighted by molar-refractivity contribution is 0.598. The second kappa shape index (κ2) is 6.73. The van der Waals surface area contributed by atoms with Gasteiger partial charge in [0.2, 0.25) is 0 Å². The van der Waals surface area contributed by atoms with Crippen LogP contribution in [-0.4, -0.2) is 19.9 Å². The van der Waals surface area contributed by atoms with Gasteiger partial charge in [0.1, 0.15) is 10.7 Å². The number of anilines is 1. The highest BCUT2D eigenvalue weighted by Crippen LogP contribution is 2.19. The molecule has 0 amide bonds. The van der Waals surface area contributed by atoms with Crippen molar-refractivity contribution in [1.82, 2.24) is 10.3 Å². The van der Waals surface area contributed by atoms with Gasteiger partial charge >= 0.3 is 0 Å². The van der Waals surface area contributed by atoms with E-state index in [1.54, 1.807) is 6.07 Å². The molecule has 0 spiro atoms. The maximum absolute atomic E-state index is 13.5. The summed E-state index contributed by atoms with van der Waals surface area (Å²) in [6.45, 7) is 3.47. The van der Waals surface area contributed by atoms with Crippen molar-refractivity contribution in [3.05, 3.63) is 48.0 Å². The molecule has 0 unspecified atom stereocenters. The lowest BCUT2D eigenvalue weighted by Gasteiger charge is -2.06. The van der Waals surface area contributed by atoms with Crippen molar-refractivity contribution in [2.24, 2.45) is 0 Å². The van der Waals surface area contributed by atoms with Crippen molar-refractivity contribution < 1.29 is 12.8 Å². The molecule has 21 heavy (non-hydrogen) atoms. The summed E-state index contributed by atoms with van der Waals surface area (Å²) in [5.41, 5.74) is 0.696. The number of hydrogen-bond donors (Lipinski definition) is 3. The zero-order valence-electron chi connectivity index (χ0n) is 11.7. The number of rotatable bonds is 7. The molecule has 0 saturated heterocycles. The van der Waals surface area contributed by atoms with Crippen molar-refractivity contribution >= 4 is 15.7 Å². The standard InChI is InChI=1S/C14H18FN3O2S/c1-2-7-16-9-11-8-12(10-17-11)21(19,20)18-14-6-4-3-5-13(14)15/h3-6,8,10,16-18H,2,7,9H2,1H3. The van der Waals surface area contributed by atoms with Gasteiger partial charge in [0.05, 0.1) is 5.69 Å². The number of sulfonamides is 1. The van der Waals surface area contributed by atoms with Gasteiger partial charge in [-0.05, 0) is 31.2 Å². The maximum Gasteiger partial charge on any atom is 0.263 e. The third-order valence-corrected chi connectivity index (χ3v) is 4.23. The van der Waals surface area contributed by atoms with Crippen LogP contribution in [0.15, 0.2) is 41.4 Å². The average Bonchev–Trinajstić information content (AvgIpc) is 2.91. The summed E-state index contributed by atoms with van der Waals surface area (Å²) in [5.74, 6) is -0.610. The highest BCUT2D eigenvalue weighted by molar-refractivity contribution is 7.92. The van der Waals surface area contributed by atoms with Crippen LogP contribution in [0.2, 0.25) is 0 Å². The maximum atomic E-state index is 13.5. The van der Waals surface area contributed by atoms with Gasteiger partial charge in [0.15, 0.2) is 0 Å². The minimum Gasteiger partial charge on any atom is -0.363 e. The molecule has 0 aliphatic rings. The molecule has 0 bridgehead atoms. The molecule has 3 N–H and O–H groups in total. The smallest absolute Gasteiger partial charge is 0.263 e. The Morgan fingerprint density at radius 3 is 2.76 bits per heavy atom. The van der Waals surface area contributed by atoms with Crippen LogP contribution in [0.1, 0.15) is 19.0 Å². The zero-order valence-corrected chi connectivity index (χ0v) is 12.5. The van der Waals surface area contributed by atoms with Crippen molar-refractivity contribution in [2.45, 2.75) is 24.8 Å². The van der Waals surface area contributed by atoms with E-state index >= 15 is 0 Å². The first-order chi connectivity index (χ1) is 10.0. The van der Waals surface area contributed by atoms with Gasteiger partial charge in [-0.1, -0.05) is 19.1 Å². The lowest BCUT2D eigenvalue weighted by Crippen LogP contribution is -2.14. The van der Waals surface area contributed by atoms with Crippen LogP contribution < -0.4 is 10.0 Å². The first-order valence-corrected chi connectivity index (χ1v) is 8.16. The fraction of sp³-hybridized carbons (Fsp3) is 0.286. The quantitative estimate of drug-likeness (QED) is 0.688. The highest BCUT2D eigenvalue weighted by atomic mass is 32.2. The molecule has 0 radical (unpaired) electrons. The van der Waals surface area contributed by atoms with Gasteiger partial charge in [-0.25, -0.2) is 12.8 Å². The summed E-state index contributed by atoms with van der Waals surface area (Å²) < 4.78 is 40.1. The summed E-state index contributed by atoms with van der Waals surface area (Å²) in [7, 11) is -3.79. The van der Waals surface area contributed by atoms with Crippen LogP contribution in [0.5, 0.6) is 0 Å².